The lowest BCUT2D eigenvalue weighted by Gasteiger charge is -2.20. The van der Waals surface area contributed by atoms with Gasteiger partial charge in [-0.1, -0.05) is 28.9 Å². The molecule has 0 atom stereocenters. The fourth-order valence-electron chi connectivity index (χ4n) is 2.15. The molecule has 1 aromatic heterocycles. The lowest BCUT2D eigenvalue weighted by atomic mass is 10.1. The van der Waals surface area contributed by atoms with Gasteiger partial charge in [-0.3, -0.25) is 4.98 Å². The van der Waals surface area contributed by atoms with Crippen LogP contribution in [-0.4, -0.2) is 25.1 Å². The van der Waals surface area contributed by atoms with Gasteiger partial charge in [-0.05, 0) is 48.4 Å². The van der Waals surface area contributed by atoms with Crippen LogP contribution in [0.3, 0.4) is 0 Å². The fraction of sp³-hybridized carbons (Fsp3) is 0.353. The largest absolute Gasteiger partial charge is 0.374 e. The van der Waals surface area contributed by atoms with Crippen molar-refractivity contribution >= 4 is 21.6 Å². The number of nitrogens with one attached hydrogen (secondary N) is 1. The quantitative estimate of drug-likeness (QED) is 0.828. The normalized spacial score (nSPS) is 10.6. The minimum atomic E-state index is 0.901. The Kier molecular flexibility index (Phi) is 6.21. The Morgan fingerprint density at radius 3 is 2.62 bits per heavy atom. The highest BCUT2D eigenvalue weighted by molar-refractivity contribution is 9.10. The van der Waals surface area contributed by atoms with Gasteiger partial charge in [0.15, 0.2) is 0 Å². The van der Waals surface area contributed by atoms with Crippen molar-refractivity contribution in [1.82, 2.24) is 10.3 Å². The first-order valence-electron chi connectivity index (χ1n) is 7.30. The Morgan fingerprint density at radius 2 is 1.95 bits per heavy atom. The average Bonchev–Trinajstić information content (AvgIpc) is 2.52. The molecule has 0 bridgehead atoms. The first-order chi connectivity index (χ1) is 10.2. The lowest BCUT2D eigenvalue weighted by molar-refractivity contribution is 0.724. The standard InChI is InChI=1S/C17H22BrN3/c1-3-19-13-15-4-5-16(12-17(15)18)21(2)11-8-14-6-9-20-10-7-14/h4-7,9-10,12,19H,3,8,11,13H2,1-2H3. The molecular formula is C17H22BrN3. The molecule has 0 aliphatic carbocycles. The molecule has 0 spiro atoms. The van der Waals surface area contributed by atoms with Crippen molar-refractivity contribution in [3.63, 3.8) is 0 Å². The van der Waals surface area contributed by atoms with Gasteiger partial charge in [0, 0.05) is 42.7 Å². The summed E-state index contributed by atoms with van der Waals surface area (Å²) in [5, 5.41) is 3.35. The van der Waals surface area contributed by atoms with Crippen LogP contribution in [0, 0.1) is 0 Å². The molecule has 2 rings (SSSR count). The van der Waals surface area contributed by atoms with Crippen molar-refractivity contribution < 1.29 is 0 Å². The first-order valence-corrected chi connectivity index (χ1v) is 8.09. The van der Waals surface area contributed by atoms with Crippen molar-refractivity contribution in [3.05, 3.63) is 58.3 Å². The average molecular weight is 348 g/mol. The number of rotatable bonds is 7. The Morgan fingerprint density at radius 1 is 1.19 bits per heavy atom. The van der Waals surface area contributed by atoms with E-state index in [1.807, 2.05) is 12.4 Å². The van der Waals surface area contributed by atoms with Crippen molar-refractivity contribution in [1.29, 1.82) is 0 Å². The third-order valence-electron chi connectivity index (χ3n) is 3.53. The van der Waals surface area contributed by atoms with E-state index in [9.17, 15) is 0 Å². The molecule has 0 radical (unpaired) electrons. The molecule has 21 heavy (non-hydrogen) atoms. The van der Waals surface area contributed by atoms with Crippen LogP contribution in [0.2, 0.25) is 0 Å². The van der Waals surface area contributed by atoms with Crippen molar-refractivity contribution in [2.45, 2.75) is 19.9 Å². The van der Waals surface area contributed by atoms with Gasteiger partial charge in [0.2, 0.25) is 0 Å². The van der Waals surface area contributed by atoms with E-state index in [1.165, 1.54) is 16.8 Å². The molecule has 1 aromatic carbocycles. The van der Waals surface area contributed by atoms with Gasteiger partial charge in [-0.25, -0.2) is 0 Å². The Balaban J connectivity index is 1.96. The summed E-state index contributed by atoms with van der Waals surface area (Å²) in [5.74, 6) is 0. The number of aromatic nitrogens is 1. The van der Waals surface area contributed by atoms with Crippen LogP contribution < -0.4 is 10.2 Å². The summed E-state index contributed by atoms with van der Waals surface area (Å²) in [6.07, 6.45) is 4.72. The van der Waals surface area contributed by atoms with Gasteiger partial charge >= 0.3 is 0 Å². The molecule has 0 saturated carbocycles. The van der Waals surface area contributed by atoms with Crippen molar-refractivity contribution in [2.75, 3.05) is 25.0 Å². The number of halogens is 1. The number of nitrogens with zero attached hydrogens (tertiary/aromatic N) is 2. The summed E-state index contributed by atoms with van der Waals surface area (Å²) in [5.41, 5.74) is 3.85. The van der Waals surface area contributed by atoms with Crippen LogP contribution in [0.15, 0.2) is 47.2 Å². The van der Waals surface area contributed by atoms with E-state index in [0.717, 1.165) is 30.5 Å². The molecule has 1 heterocycles. The van der Waals surface area contributed by atoms with E-state index in [1.54, 1.807) is 0 Å². The van der Waals surface area contributed by atoms with E-state index in [2.05, 4.69) is 75.4 Å². The minimum Gasteiger partial charge on any atom is -0.374 e. The highest BCUT2D eigenvalue weighted by Gasteiger charge is 2.05. The smallest absolute Gasteiger partial charge is 0.0375 e. The SMILES string of the molecule is CCNCc1ccc(N(C)CCc2ccncc2)cc1Br. The van der Waals surface area contributed by atoms with Crippen molar-refractivity contribution in [3.8, 4) is 0 Å². The van der Waals surface area contributed by atoms with Crippen molar-refractivity contribution in [2.24, 2.45) is 0 Å². The Hall–Kier alpha value is -1.39. The third-order valence-corrected chi connectivity index (χ3v) is 4.27. The van der Waals surface area contributed by atoms with Crippen LogP contribution in [0.4, 0.5) is 5.69 Å². The molecule has 1 N–H and O–H groups in total. The number of hydrogen-bond donors (Lipinski definition) is 1. The zero-order valence-electron chi connectivity index (χ0n) is 12.6. The molecule has 4 heteroatoms. The van der Waals surface area contributed by atoms with Gasteiger partial charge in [0.25, 0.3) is 0 Å². The Bertz CT molecular complexity index is 557. The van der Waals surface area contributed by atoms with E-state index in [-0.39, 0.29) is 0 Å². The Labute approximate surface area is 135 Å². The number of hydrogen-bond acceptors (Lipinski definition) is 3. The lowest BCUT2D eigenvalue weighted by Crippen LogP contribution is -2.20. The summed E-state index contributed by atoms with van der Waals surface area (Å²) < 4.78 is 1.16. The molecule has 0 aliphatic heterocycles. The van der Waals surface area contributed by atoms with Crippen LogP contribution in [0.1, 0.15) is 18.1 Å². The number of likely N-dealkylation sites (N-methyl/N-ethyl adjacent to an activating group) is 1. The van der Waals surface area contributed by atoms with Gasteiger partial charge < -0.3 is 10.2 Å². The summed E-state index contributed by atoms with van der Waals surface area (Å²) in [6.45, 7) is 5.00. The molecular weight excluding hydrogens is 326 g/mol. The van der Waals surface area contributed by atoms with E-state index >= 15 is 0 Å². The molecule has 0 unspecified atom stereocenters. The second-order valence-corrected chi connectivity index (χ2v) is 5.94. The predicted octanol–water partition coefficient (Wildman–Crippen LogP) is 3.63. The molecule has 0 aliphatic rings. The summed E-state index contributed by atoms with van der Waals surface area (Å²) in [4.78, 5) is 6.33. The highest BCUT2D eigenvalue weighted by atomic mass is 79.9. The second-order valence-electron chi connectivity index (χ2n) is 5.08. The van der Waals surface area contributed by atoms with Gasteiger partial charge in [-0.2, -0.15) is 0 Å². The van der Waals surface area contributed by atoms with Gasteiger partial charge in [0.05, 0.1) is 0 Å². The maximum atomic E-state index is 4.05. The maximum Gasteiger partial charge on any atom is 0.0375 e. The van der Waals surface area contributed by atoms with Crippen LogP contribution in [0.5, 0.6) is 0 Å². The van der Waals surface area contributed by atoms with E-state index < -0.39 is 0 Å². The third kappa shape index (κ3) is 4.83. The zero-order chi connectivity index (χ0) is 15.1. The molecule has 2 aromatic rings. The van der Waals surface area contributed by atoms with Crippen LogP contribution in [-0.2, 0) is 13.0 Å². The molecule has 0 amide bonds. The summed E-state index contributed by atoms with van der Waals surface area (Å²) in [7, 11) is 2.13. The molecule has 3 nitrogen and oxygen atoms in total. The second kappa shape index (κ2) is 8.15. The maximum absolute atomic E-state index is 4.05. The minimum absolute atomic E-state index is 0.901. The molecule has 112 valence electrons. The fourth-order valence-corrected chi connectivity index (χ4v) is 2.66. The molecule has 0 fully saturated rings. The summed E-state index contributed by atoms with van der Waals surface area (Å²) >= 11 is 3.67. The van der Waals surface area contributed by atoms with E-state index in [0.29, 0.717) is 0 Å². The number of benzene rings is 1. The highest BCUT2D eigenvalue weighted by Crippen LogP contribution is 2.23. The van der Waals surface area contributed by atoms with Gasteiger partial charge in [0.1, 0.15) is 0 Å². The van der Waals surface area contributed by atoms with Crippen LogP contribution in [0.25, 0.3) is 0 Å². The number of anilines is 1. The monoisotopic (exact) mass is 347 g/mol. The summed E-state index contributed by atoms with van der Waals surface area (Å²) in [6, 6.07) is 10.7. The molecule has 0 saturated heterocycles. The zero-order valence-corrected chi connectivity index (χ0v) is 14.2. The van der Waals surface area contributed by atoms with Crippen LogP contribution >= 0.6 is 15.9 Å². The first kappa shape index (κ1) is 16.0. The van der Waals surface area contributed by atoms with Gasteiger partial charge in [-0.15, -0.1) is 0 Å². The topological polar surface area (TPSA) is 28.2 Å². The predicted molar refractivity (Wildman–Crippen MR) is 92.7 cm³/mol. The van der Waals surface area contributed by atoms with E-state index in [4.69, 9.17) is 0 Å². The number of pyridine rings is 1.